The fourth-order valence-electron chi connectivity index (χ4n) is 1.66. The van der Waals surface area contributed by atoms with Gasteiger partial charge in [-0.3, -0.25) is 4.79 Å². The highest BCUT2D eigenvalue weighted by Crippen LogP contribution is 2.28. The van der Waals surface area contributed by atoms with Crippen LogP contribution in [0.25, 0.3) is 0 Å². The van der Waals surface area contributed by atoms with Crippen LogP contribution in [0.2, 0.25) is 0 Å². The predicted octanol–water partition coefficient (Wildman–Crippen LogP) is 1.90. The minimum Gasteiger partial charge on any atom is -0.481 e. The zero-order valence-electron chi connectivity index (χ0n) is 6.34. The molecule has 0 saturated heterocycles. The summed E-state index contributed by atoms with van der Waals surface area (Å²) in [6.07, 6.45) is 4.08. The Kier molecular flexibility index (Phi) is 2.30. The van der Waals surface area contributed by atoms with Gasteiger partial charge in [0.05, 0.1) is 5.92 Å². The van der Waals surface area contributed by atoms with E-state index in [4.69, 9.17) is 5.11 Å². The van der Waals surface area contributed by atoms with E-state index in [1.54, 1.807) is 0 Å². The highest BCUT2D eigenvalue weighted by Gasteiger charge is 2.23. The van der Waals surface area contributed by atoms with Gasteiger partial charge in [-0.1, -0.05) is 19.8 Å². The van der Waals surface area contributed by atoms with Gasteiger partial charge in [0.2, 0.25) is 0 Å². The zero-order chi connectivity index (χ0) is 7.56. The summed E-state index contributed by atoms with van der Waals surface area (Å²) >= 11 is 0. The monoisotopic (exact) mass is 142 g/mol. The molecule has 0 aromatic rings. The molecular formula is C8H14O2. The molecule has 0 radical (unpaired) electrons. The molecule has 1 saturated carbocycles. The van der Waals surface area contributed by atoms with Crippen molar-refractivity contribution in [2.75, 3.05) is 0 Å². The van der Waals surface area contributed by atoms with Crippen molar-refractivity contribution in [1.29, 1.82) is 0 Å². The summed E-state index contributed by atoms with van der Waals surface area (Å²) in [5.74, 6) is -0.0369. The highest BCUT2D eigenvalue weighted by molar-refractivity contribution is 5.70. The number of hydrogen-bond acceptors (Lipinski definition) is 1. The highest BCUT2D eigenvalue weighted by atomic mass is 16.4. The molecule has 0 spiro atoms. The topological polar surface area (TPSA) is 37.3 Å². The standard InChI is InChI=1S/C8H14O2/c1-6-3-2-4-7(5-6)8(9)10/h6-7H,2-5H2,1H3,(H,9,10)/t6?,7-/m0/s1. The Hall–Kier alpha value is -0.530. The van der Waals surface area contributed by atoms with Gasteiger partial charge in [-0.15, -0.1) is 0 Å². The minimum absolute atomic E-state index is 0.0521. The van der Waals surface area contributed by atoms with Crippen LogP contribution in [0.3, 0.4) is 0 Å². The maximum Gasteiger partial charge on any atom is 0.306 e. The first-order valence-electron chi connectivity index (χ1n) is 3.93. The fourth-order valence-corrected chi connectivity index (χ4v) is 1.66. The Balaban J connectivity index is 2.39. The average Bonchev–Trinajstić information content (AvgIpc) is 1.88. The molecular weight excluding hydrogens is 128 g/mol. The van der Waals surface area contributed by atoms with E-state index in [-0.39, 0.29) is 5.92 Å². The largest absolute Gasteiger partial charge is 0.481 e. The number of aliphatic carboxylic acids is 1. The molecule has 1 aliphatic carbocycles. The van der Waals surface area contributed by atoms with E-state index < -0.39 is 5.97 Å². The van der Waals surface area contributed by atoms with Crippen molar-refractivity contribution in [2.24, 2.45) is 11.8 Å². The van der Waals surface area contributed by atoms with Crippen molar-refractivity contribution in [3.8, 4) is 0 Å². The summed E-state index contributed by atoms with van der Waals surface area (Å²) in [5, 5.41) is 8.66. The average molecular weight is 142 g/mol. The smallest absolute Gasteiger partial charge is 0.306 e. The van der Waals surface area contributed by atoms with Crippen LogP contribution in [0.1, 0.15) is 32.6 Å². The van der Waals surface area contributed by atoms with Crippen molar-refractivity contribution < 1.29 is 9.90 Å². The number of carbonyl (C=O) groups is 1. The van der Waals surface area contributed by atoms with E-state index in [2.05, 4.69) is 6.92 Å². The van der Waals surface area contributed by atoms with Gasteiger partial charge >= 0.3 is 5.97 Å². The summed E-state index contributed by atoms with van der Waals surface area (Å²) in [5.41, 5.74) is 0. The van der Waals surface area contributed by atoms with Crippen molar-refractivity contribution in [2.45, 2.75) is 32.6 Å². The molecule has 2 nitrogen and oxygen atoms in total. The molecule has 0 heterocycles. The summed E-state index contributed by atoms with van der Waals surface area (Å²) < 4.78 is 0. The van der Waals surface area contributed by atoms with Crippen LogP contribution in [0.15, 0.2) is 0 Å². The second kappa shape index (κ2) is 3.04. The molecule has 58 valence electrons. The van der Waals surface area contributed by atoms with Crippen LogP contribution in [0.5, 0.6) is 0 Å². The second-order valence-electron chi connectivity index (χ2n) is 3.31. The first-order chi connectivity index (χ1) is 4.70. The van der Waals surface area contributed by atoms with Crippen LogP contribution in [-0.4, -0.2) is 11.1 Å². The lowest BCUT2D eigenvalue weighted by Crippen LogP contribution is -2.20. The Bertz CT molecular complexity index is 131. The Morgan fingerprint density at radius 1 is 1.50 bits per heavy atom. The molecule has 1 fully saturated rings. The van der Waals surface area contributed by atoms with E-state index in [0.717, 1.165) is 19.3 Å². The summed E-state index contributed by atoms with van der Waals surface area (Å²) in [6.45, 7) is 2.13. The fraction of sp³-hybridized carbons (Fsp3) is 0.875. The third kappa shape index (κ3) is 1.72. The molecule has 0 bridgehead atoms. The molecule has 1 N–H and O–H groups in total. The lowest BCUT2D eigenvalue weighted by Gasteiger charge is -2.22. The van der Waals surface area contributed by atoms with E-state index in [0.29, 0.717) is 5.92 Å². The van der Waals surface area contributed by atoms with Crippen LogP contribution < -0.4 is 0 Å². The van der Waals surface area contributed by atoms with Crippen molar-refractivity contribution in [1.82, 2.24) is 0 Å². The molecule has 2 heteroatoms. The van der Waals surface area contributed by atoms with Crippen molar-refractivity contribution in [3.63, 3.8) is 0 Å². The molecule has 10 heavy (non-hydrogen) atoms. The molecule has 0 amide bonds. The number of hydrogen-bond donors (Lipinski definition) is 1. The SMILES string of the molecule is CC1CCC[C@H](C(=O)O)C1. The van der Waals surface area contributed by atoms with Gasteiger partial charge in [0.15, 0.2) is 0 Å². The number of carboxylic acids is 1. The van der Waals surface area contributed by atoms with Crippen LogP contribution in [0, 0.1) is 11.8 Å². The minimum atomic E-state index is -0.605. The Morgan fingerprint density at radius 3 is 2.60 bits per heavy atom. The number of rotatable bonds is 1. The van der Waals surface area contributed by atoms with Gasteiger partial charge < -0.3 is 5.11 Å². The number of carboxylic acid groups (broad SMARTS) is 1. The molecule has 2 atom stereocenters. The maximum absolute atomic E-state index is 10.5. The third-order valence-corrected chi connectivity index (χ3v) is 2.29. The summed E-state index contributed by atoms with van der Waals surface area (Å²) in [4.78, 5) is 10.5. The van der Waals surface area contributed by atoms with Crippen LogP contribution in [-0.2, 0) is 4.79 Å². The predicted molar refractivity (Wildman–Crippen MR) is 38.8 cm³/mol. The molecule has 0 aromatic heterocycles. The van der Waals surface area contributed by atoms with Crippen LogP contribution >= 0.6 is 0 Å². The van der Waals surface area contributed by atoms with E-state index in [1.807, 2.05) is 0 Å². The molecule has 1 aliphatic rings. The van der Waals surface area contributed by atoms with Gasteiger partial charge in [-0.05, 0) is 18.8 Å². The Labute approximate surface area is 61.2 Å². The normalized spacial score (nSPS) is 33.7. The maximum atomic E-state index is 10.5. The third-order valence-electron chi connectivity index (χ3n) is 2.29. The van der Waals surface area contributed by atoms with Crippen molar-refractivity contribution >= 4 is 5.97 Å². The quantitative estimate of drug-likeness (QED) is 0.607. The lowest BCUT2D eigenvalue weighted by molar-refractivity contribution is -0.143. The van der Waals surface area contributed by atoms with Gasteiger partial charge in [-0.25, -0.2) is 0 Å². The molecule has 0 aromatic carbocycles. The van der Waals surface area contributed by atoms with E-state index in [1.165, 1.54) is 6.42 Å². The van der Waals surface area contributed by atoms with E-state index in [9.17, 15) is 4.79 Å². The first-order valence-corrected chi connectivity index (χ1v) is 3.93. The lowest BCUT2D eigenvalue weighted by atomic mass is 9.83. The van der Waals surface area contributed by atoms with Gasteiger partial charge in [0, 0.05) is 0 Å². The summed E-state index contributed by atoms with van der Waals surface area (Å²) in [6, 6.07) is 0. The van der Waals surface area contributed by atoms with Gasteiger partial charge in [0.1, 0.15) is 0 Å². The second-order valence-corrected chi connectivity index (χ2v) is 3.31. The first kappa shape index (κ1) is 7.58. The van der Waals surface area contributed by atoms with Crippen LogP contribution in [0.4, 0.5) is 0 Å². The van der Waals surface area contributed by atoms with Gasteiger partial charge in [-0.2, -0.15) is 0 Å². The van der Waals surface area contributed by atoms with E-state index >= 15 is 0 Å². The van der Waals surface area contributed by atoms with Crippen molar-refractivity contribution in [3.05, 3.63) is 0 Å². The molecule has 1 rings (SSSR count). The Morgan fingerprint density at radius 2 is 2.20 bits per heavy atom. The molecule has 1 unspecified atom stereocenters. The zero-order valence-corrected chi connectivity index (χ0v) is 6.34. The van der Waals surface area contributed by atoms with Gasteiger partial charge in [0.25, 0.3) is 0 Å². The summed E-state index contributed by atoms with van der Waals surface area (Å²) in [7, 11) is 0. The molecule has 0 aliphatic heterocycles.